The summed E-state index contributed by atoms with van der Waals surface area (Å²) in [5.41, 5.74) is 1.21. The predicted molar refractivity (Wildman–Crippen MR) is 77.5 cm³/mol. The van der Waals surface area contributed by atoms with E-state index in [1.54, 1.807) is 0 Å². The number of hydrogen-bond acceptors (Lipinski definition) is 4. The lowest BCUT2D eigenvalue weighted by atomic mass is 10.1. The van der Waals surface area contributed by atoms with Crippen LogP contribution in [0.4, 0.5) is 0 Å². The van der Waals surface area contributed by atoms with Gasteiger partial charge < -0.3 is 10.1 Å². The number of nitrogens with one attached hydrogen (secondary N) is 1. The molecule has 0 bridgehead atoms. The van der Waals surface area contributed by atoms with Crippen molar-refractivity contribution < 1.29 is 4.74 Å². The van der Waals surface area contributed by atoms with Gasteiger partial charge in [0.25, 0.3) is 0 Å². The van der Waals surface area contributed by atoms with Crippen LogP contribution in [0.5, 0.6) is 5.88 Å². The molecule has 0 aliphatic carbocycles. The van der Waals surface area contributed by atoms with Crippen molar-refractivity contribution >= 4 is 0 Å². The molecule has 1 fully saturated rings. The lowest BCUT2D eigenvalue weighted by Gasteiger charge is -2.26. The van der Waals surface area contributed by atoms with Crippen LogP contribution in [0.3, 0.4) is 0 Å². The number of nitrogens with zero attached hydrogens (tertiary/aromatic N) is 2. The molecule has 19 heavy (non-hydrogen) atoms. The molecule has 1 aromatic rings. The normalized spacial score (nSPS) is 18.2. The van der Waals surface area contributed by atoms with Gasteiger partial charge in [0.15, 0.2) is 0 Å². The summed E-state index contributed by atoms with van der Waals surface area (Å²) in [6, 6.07) is 4.38. The van der Waals surface area contributed by atoms with E-state index in [1.165, 1.54) is 37.9 Å². The van der Waals surface area contributed by atoms with Gasteiger partial charge in [0.05, 0.1) is 0 Å². The summed E-state index contributed by atoms with van der Waals surface area (Å²) in [7, 11) is 1.96. The third-order valence-corrected chi connectivity index (χ3v) is 3.80. The Balaban J connectivity index is 1.78. The molecule has 1 unspecified atom stereocenters. The summed E-state index contributed by atoms with van der Waals surface area (Å²) in [6.45, 7) is 6.30. The maximum atomic E-state index is 5.76. The highest BCUT2D eigenvalue weighted by Crippen LogP contribution is 2.16. The van der Waals surface area contributed by atoms with Crippen molar-refractivity contribution in [2.24, 2.45) is 0 Å². The van der Waals surface area contributed by atoms with Crippen molar-refractivity contribution in [1.82, 2.24) is 15.2 Å². The van der Waals surface area contributed by atoms with E-state index < -0.39 is 0 Å². The van der Waals surface area contributed by atoms with E-state index in [9.17, 15) is 0 Å². The second kappa shape index (κ2) is 7.46. The number of likely N-dealkylation sites (tertiary alicyclic amines) is 1. The highest BCUT2D eigenvalue weighted by Gasteiger charge is 2.10. The minimum absolute atomic E-state index is 0.326. The van der Waals surface area contributed by atoms with Gasteiger partial charge in [0.2, 0.25) is 5.88 Å². The number of pyridine rings is 1. The molecule has 1 N–H and O–H groups in total. The van der Waals surface area contributed by atoms with E-state index in [0.717, 1.165) is 19.0 Å². The van der Waals surface area contributed by atoms with Gasteiger partial charge in [-0.1, -0.05) is 6.42 Å². The zero-order chi connectivity index (χ0) is 13.5. The molecular formula is C15H25N3O. The number of hydrogen-bond donors (Lipinski definition) is 1. The fourth-order valence-electron chi connectivity index (χ4n) is 2.40. The molecule has 1 aromatic heterocycles. The van der Waals surface area contributed by atoms with Crippen LogP contribution in [0.1, 0.15) is 37.8 Å². The third kappa shape index (κ3) is 4.48. The van der Waals surface area contributed by atoms with Crippen LogP contribution in [0, 0.1) is 0 Å². The summed E-state index contributed by atoms with van der Waals surface area (Å²) in [6.07, 6.45) is 5.85. The van der Waals surface area contributed by atoms with Gasteiger partial charge in [-0.05, 0) is 51.5 Å². The standard InChI is InChI=1S/C15H25N3O/c1-13(16-2)14-6-7-17-15(12-14)19-11-10-18-8-4-3-5-9-18/h6-7,12-13,16H,3-5,8-11H2,1-2H3. The molecule has 1 aliphatic heterocycles. The van der Waals surface area contributed by atoms with Crippen LogP contribution in [0.2, 0.25) is 0 Å². The maximum absolute atomic E-state index is 5.76. The van der Waals surface area contributed by atoms with Gasteiger partial charge in [0, 0.05) is 24.8 Å². The van der Waals surface area contributed by atoms with Gasteiger partial charge >= 0.3 is 0 Å². The molecule has 0 aromatic carbocycles. The lowest BCUT2D eigenvalue weighted by Crippen LogP contribution is -2.33. The van der Waals surface area contributed by atoms with Gasteiger partial charge in [-0.15, -0.1) is 0 Å². The van der Waals surface area contributed by atoms with Crippen LogP contribution >= 0.6 is 0 Å². The van der Waals surface area contributed by atoms with Crippen LogP contribution in [0.25, 0.3) is 0 Å². The van der Waals surface area contributed by atoms with E-state index in [-0.39, 0.29) is 0 Å². The van der Waals surface area contributed by atoms with Crippen molar-refractivity contribution in [2.75, 3.05) is 33.3 Å². The highest BCUT2D eigenvalue weighted by molar-refractivity contribution is 5.23. The Morgan fingerprint density at radius 2 is 2.16 bits per heavy atom. The Morgan fingerprint density at radius 3 is 2.89 bits per heavy atom. The Hall–Kier alpha value is -1.13. The first kappa shape index (κ1) is 14.3. The molecule has 1 aliphatic rings. The predicted octanol–water partition coefficient (Wildman–Crippen LogP) is 2.23. The van der Waals surface area contributed by atoms with Crippen LogP contribution < -0.4 is 10.1 Å². The number of rotatable bonds is 6. The van der Waals surface area contributed by atoms with Crippen molar-refractivity contribution in [3.8, 4) is 5.88 Å². The average molecular weight is 263 g/mol. The Labute approximate surface area is 116 Å². The Morgan fingerprint density at radius 1 is 1.37 bits per heavy atom. The molecule has 2 rings (SSSR count). The van der Waals surface area contributed by atoms with Gasteiger partial charge in [-0.25, -0.2) is 4.98 Å². The van der Waals surface area contributed by atoms with E-state index in [4.69, 9.17) is 4.74 Å². The van der Waals surface area contributed by atoms with E-state index in [2.05, 4.69) is 22.1 Å². The van der Waals surface area contributed by atoms with Gasteiger partial charge in [-0.3, -0.25) is 4.90 Å². The van der Waals surface area contributed by atoms with Gasteiger partial charge in [-0.2, -0.15) is 0 Å². The molecule has 4 nitrogen and oxygen atoms in total. The van der Waals surface area contributed by atoms with E-state index in [1.807, 2.05) is 25.4 Å². The zero-order valence-electron chi connectivity index (χ0n) is 12.1. The molecular weight excluding hydrogens is 238 g/mol. The minimum Gasteiger partial charge on any atom is -0.476 e. The quantitative estimate of drug-likeness (QED) is 0.854. The number of piperidine rings is 1. The highest BCUT2D eigenvalue weighted by atomic mass is 16.5. The van der Waals surface area contributed by atoms with E-state index in [0.29, 0.717) is 6.04 Å². The van der Waals surface area contributed by atoms with Crippen LogP contribution in [-0.4, -0.2) is 43.2 Å². The molecule has 2 heterocycles. The first-order valence-electron chi connectivity index (χ1n) is 7.28. The third-order valence-electron chi connectivity index (χ3n) is 3.80. The molecule has 0 amide bonds. The summed E-state index contributed by atoms with van der Waals surface area (Å²) in [5.74, 6) is 0.733. The second-order valence-corrected chi connectivity index (χ2v) is 5.19. The van der Waals surface area contributed by atoms with Crippen molar-refractivity contribution in [1.29, 1.82) is 0 Å². The first-order valence-corrected chi connectivity index (χ1v) is 7.28. The lowest BCUT2D eigenvalue weighted by molar-refractivity contribution is 0.180. The summed E-state index contributed by atoms with van der Waals surface area (Å²) in [5, 5.41) is 3.22. The van der Waals surface area contributed by atoms with E-state index >= 15 is 0 Å². The summed E-state index contributed by atoms with van der Waals surface area (Å²) in [4.78, 5) is 6.75. The largest absolute Gasteiger partial charge is 0.476 e. The molecule has 1 atom stereocenters. The topological polar surface area (TPSA) is 37.4 Å². The minimum atomic E-state index is 0.326. The monoisotopic (exact) mass is 263 g/mol. The molecule has 0 spiro atoms. The SMILES string of the molecule is CNC(C)c1ccnc(OCCN2CCCCC2)c1. The summed E-state index contributed by atoms with van der Waals surface area (Å²) < 4.78 is 5.76. The fourth-order valence-corrected chi connectivity index (χ4v) is 2.40. The number of aromatic nitrogens is 1. The molecule has 1 saturated heterocycles. The smallest absolute Gasteiger partial charge is 0.213 e. The van der Waals surface area contributed by atoms with Crippen molar-refractivity contribution in [2.45, 2.75) is 32.2 Å². The first-order chi connectivity index (χ1) is 9.29. The Bertz CT molecular complexity index is 377. The number of ether oxygens (including phenoxy) is 1. The van der Waals surface area contributed by atoms with Crippen LogP contribution in [-0.2, 0) is 0 Å². The zero-order valence-corrected chi connectivity index (χ0v) is 12.1. The Kier molecular flexibility index (Phi) is 5.61. The fraction of sp³-hybridized carbons (Fsp3) is 0.667. The maximum Gasteiger partial charge on any atom is 0.213 e. The van der Waals surface area contributed by atoms with Crippen molar-refractivity contribution in [3.63, 3.8) is 0 Å². The van der Waals surface area contributed by atoms with Crippen LogP contribution in [0.15, 0.2) is 18.3 Å². The molecule has 106 valence electrons. The second-order valence-electron chi connectivity index (χ2n) is 5.19. The molecule has 0 radical (unpaired) electrons. The van der Waals surface area contributed by atoms with Gasteiger partial charge in [0.1, 0.15) is 6.61 Å². The molecule has 0 saturated carbocycles. The average Bonchev–Trinajstić information content (AvgIpc) is 2.48. The molecule has 4 heteroatoms. The van der Waals surface area contributed by atoms with Crippen molar-refractivity contribution in [3.05, 3.63) is 23.9 Å². The summed E-state index contributed by atoms with van der Waals surface area (Å²) >= 11 is 0.